The first kappa shape index (κ1) is 8.05. The van der Waals surface area contributed by atoms with Crippen LogP contribution in [0.2, 0.25) is 5.82 Å². The summed E-state index contributed by atoms with van der Waals surface area (Å²) in [5.74, 6) is -0.628. The van der Waals surface area contributed by atoms with Gasteiger partial charge in [0.25, 0.3) is 0 Å². The largest absolute Gasteiger partial charge is 0.396 e. The van der Waals surface area contributed by atoms with Gasteiger partial charge >= 0.3 is 0 Å². The van der Waals surface area contributed by atoms with Crippen LogP contribution in [0, 0.1) is 5.92 Å². The molecular weight excluding hydrogens is 131 g/mol. The summed E-state index contributed by atoms with van der Waals surface area (Å²) < 4.78 is 0. The Morgan fingerprint density at radius 3 is 2.10 bits per heavy atom. The van der Waals surface area contributed by atoms with Gasteiger partial charge in [-0.15, -0.1) is 0 Å². The van der Waals surface area contributed by atoms with Crippen LogP contribution in [0.4, 0.5) is 0 Å². The fourth-order valence-corrected chi connectivity index (χ4v) is 1.34. The van der Waals surface area contributed by atoms with Gasteiger partial charge in [-0.3, -0.25) is 0 Å². The van der Waals surface area contributed by atoms with Crippen molar-refractivity contribution in [2.45, 2.75) is 24.4 Å². The average molecular weight is 142 g/mol. The van der Waals surface area contributed by atoms with Crippen LogP contribution >= 0.6 is 0 Å². The van der Waals surface area contributed by atoms with Gasteiger partial charge in [0.05, 0.1) is 20.1 Å². The molecule has 3 nitrogen and oxygen atoms in total. The van der Waals surface area contributed by atoms with Crippen molar-refractivity contribution in [2.24, 2.45) is 5.92 Å². The molecule has 1 rings (SSSR count). The van der Waals surface area contributed by atoms with E-state index in [0.717, 1.165) is 0 Å². The maximum Gasteiger partial charge on any atom is 0.0844 e. The van der Waals surface area contributed by atoms with Gasteiger partial charge in [0.15, 0.2) is 0 Å². The lowest BCUT2D eigenvalue weighted by atomic mass is 9.84. The van der Waals surface area contributed by atoms with E-state index < -0.39 is 12.2 Å². The van der Waals surface area contributed by atoms with Crippen molar-refractivity contribution in [2.75, 3.05) is 6.61 Å². The van der Waals surface area contributed by atoms with E-state index >= 15 is 0 Å². The van der Waals surface area contributed by atoms with E-state index in [1.165, 1.54) is 0 Å². The first-order chi connectivity index (χ1) is 4.66. The number of hydrogen-bond donors (Lipinski definition) is 3. The summed E-state index contributed by atoms with van der Waals surface area (Å²) in [6.07, 6.45) is -1.21. The predicted octanol–water partition coefficient (Wildman–Crippen LogP) is -1.32. The highest BCUT2D eigenvalue weighted by Crippen LogP contribution is 2.33. The van der Waals surface area contributed by atoms with Crippen molar-refractivity contribution in [3.05, 3.63) is 0 Å². The molecule has 3 N–H and O–H groups in total. The standard InChI is InChI=1S/C6H11BO3/c7-4-1-3(2-8)5(9)6(4)10/h3-6,8-10H,1-2H2. The van der Waals surface area contributed by atoms with E-state index in [9.17, 15) is 0 Å². The molecule has 56 valence electrons. The zero-order chi connectivity index (χ0) is 7.72. The molecule has 1 aliphatic rings. The maximum atomic E-state index is 9.14. The molecule has 0 spiro atoms. The number of hydrogen-bond acceptors (Lipinski definition) is 3. The van der Waals surface area contributed by atoms with Crippen LogP contribution in [0.1, 0.15) is 6.42 Å². The Morgan fingerprint density at radius 1 is 1.30 bits per heavy atom. The third-order valence-electron chi connectivity index (χ3n) is 2.08. The Bertz CT molecular complexity index is 120. The Morgan fingerprint density at radius 2 is 1.90 bits per heavy atom. The summed E-state index contributed by atoms with van der Waals surface area (Å²) in [6.45, 7) is -0.105. The summed E-state index contributed by atoms with van der Waals surface area (Å²) in [7, 11) is 5.41. The van der Waals surface area contributed by atoms with Crippen LogP contribution < -0.4 is 0 Å². The summed E-state index contributed by atoms with van der Waals surface area (Å²) in [6, 6.07) is 0. The quantitative estimate of drug-likeness (QED) is 0.398. The normalized spacial score (nSPS) is 47.9. The van der Waals surface area contributed by atoms with Gasteiger partial charge in [-0.1, -0.05) is 0 Å². The van der Waals surface area contributed by atoms with Crippen molar-refractivity contribution < 1.29 is 15.3 Å². The van der Waals surface area contributed by atoms with E-state index in [4.69, 9.17) is 23.2 Å². The van der Waals surface area contributed by atoms with Crippen molar-refractivity contribution in [3.63, 3.8) is 0 Å². The average Bonchev–Trinajstić information content (AvgIpc) is 2.17. The number of aliphatic hydroxyl groups excluding tert-OH is 3. The minimum Gasteiger partial charge on any atom is -0.396 e. The molecule has 0 aromatic carbocycles. The molecule has 0 saturated heterocycles. The van der Waals surface area contributed by atoms with Crippen molar-refractivity contribution in [1.29, 1.82) is 0 Å². The molecule has 2 radical (unpaired) electrons. The Kier molecular flexibility index (Phi) is 2.34. The van der Waals surface area contributed by atoms with E-state index in [1.807, 2.05) is 0 Å². The summed E-state index contributed by atoms with van der Waals surface area (Å²) in [5, 5.41) is 26.9. The molecule has 0 aliphatic heterocycles. The molecule has 4 unspecified atom stereocenters. The lowest BCUT2D eigenvalue weighted by Crippen LogP contribution is -2.28. The minimum atomic E-state index is -0.864. The van der Waals surface area contributed by atoms with Crippen LogP contribution in [0.3, 0.4) is 0 Å². The smallest absolute Gasteiger partial charge is 0.0844 e. The molecule has 1 fully saturated rings. The fourth-order valence-electron chi connectivity index (χ4n) is 1.34. The minimum absolute atomic E-state index is 0.105. The van der Waals surface area contributed by atoms with Gasteiger partial charge in [-0.2, -0.15) is 0 Å². The molecule has 0 aromatic rings. The summed E-state index contributed by atoms with van der Waals surface area (Å²) >= 11 is 0. The van der Waals surface area contributed by atoms with Crippen molar-refractivity contribution >= 4 is 7.85 Å². The van der Waals surface area contributed by atoms with Crippen molar-refractivity contribution in [1.82, 2.24) is 0 Å². The lowest BCUT2D eigenvalue weighted by Gasteiger charge is -2.13. The van der Waals surface area contributed by atoms with Gasteiger partial charge in [-0.05, 0) is 12.2 Å². The SMILES string of the molecule is [B]C1CC(CO)C(O)C1O. The van der Waals surface area contributed by atoms with Gasteiger partial charge < -0.3 is 15.3 Å². The molecule has 1 aliphatic carbocycles. The van der Waals surface area contributed by atoms with Crippen LogP contribution in [0.5, 0.6) is 0 Å². The number of rotatable bonds is 1. The predicted molar refractivity (Wildman–Crippen MR) is 36.7 cm³/mol. The Hall–Kier alpha value is -0.0551. The Labute approximate surface area is 61.1 Å². The second kappa shape index (κ2) is 2.90. The highest BCUT2D eigenvalue weighted by atomic mass is 16.3. The van der Waals surface area contributed by atoms with Gasteiger partial charge in [0.2, 0.25) is 0 Å². The Balaban J connectivity index is 2.53. The van der Waals surface area contributed by atoms with Crippen molar-refractivity contribution in [3.8, 4) is 0 Å². The molecule has 10 heavy (non-hydrogen) atoms. The molecule has 1 saturated carbocycles. The summed E-state index contributed by atoms with van der Waals surface area (Å²) in [5.41, 5.74) is 0. The fraction of sp³-hybridized carbons (Fsp3) is 1.00. The van der Waals surface area contributed by atoms with Gasteiger partial charge in [0.1, 0.15) is 0 Å². The van der Waals surface area contributed by atoms with Crippen LogP contribution in [0.25, 0.3) is 0 Å². The first-order valence-electron chi connectivity index (χ1n) is 3.39. The van der Waals surface area contributed by atoms with Gasteiger partial charge in [-0.25, -0.2) is 0 Å². The van der Waals surface area contributed by atoms with Crippen LogP contribution in [-0.4, -0.2) is 42.0 Å². The third-order valence-corrected chi connectivity index (χ3v) is 2.08. The van der Waals surface area contributed by atoms with Crippen LogP contribution in [-0.2, 0) is 0 Å². The molecule has 0 aromatic heterocycles. The van der Waals surface area contributed by atoms with E-state index in [-0.39, 0.29) is 18.3 Å². The molecule has 0 bridgehead atoms. The van der Waals surface area contributed by atoms with Gasteiger partial charge in [0, 0.05) is 12.5 Å². The third kappa shape index (κ3) is 1.19. The number of aliphatic hydroxyl groups is 3. The highest BCUT2D eigenvalue weighted by Gasteiger charge is 2.37. The highest BCUT2D eigenvalue weighted by molar-refractivity contribution is 6.12. The van der Waals surface area contributed by atoms with E-state index in [2.05, 4.69) is 0 Å². The topological polar surface area (TPSA) is 60.7 Å². The molecule has 4 atom stereocenters. The van der Waals surface area contributed by atoms with E-state index in [0.29, 0.717) is 6.42 Å². The lowest BCUT2D eigenvalue weighted by molar-refractivity contribution is 0.00707. The summed E-state index contributed by atoms with van der Waals surface area (Å²) in [4.78, 5) is 0. The molecular formula is C6H11BO3. The van der Waals surface area contributed by atoms with E-state index in [1.54, 1.807) is 0 Å². The zero-order valence-electron chi connectivity index (χ0n) is 5.64. The maximum absolute atomic E-state index is 9.14. The first-order valence-corrected chi connectivity index (χ1v) is 3.39. The second-order valence-corrected chi connectivity index (χ2v) is 2.82. The van der Waals surface area contributed by atoms with Crippen LogP contribution in [0.15, 0.2) is 0 Å². The second-order valence-electron chi connectivity index (χ2n) is 2.82. The molecule has 0 heterocycles. The zero-order valence-corrected chi connectivity index (χ0v) is 5.64. The molecule has 0 amide bonds. The molecule has 4 heteroatoms. The monoisotopic (exact) mass is 142 g/mol.